The zero-order valence-electron chi connectivity index (χ0n) is 14.8. The summed E-state index contributed by atoms with van der Waals surface area (Å²) in [5.41, 5.74) is -0.745. The summed E-state index contributed by atoms with van der Waals surface area (Å²) in [4.78, 5) is 15.4. The van der Waals surface area contributed by atoms with E-state index in [1.165, 1.54) is 12.1 Å². The van der Waals surface area contributed by atoms with Gasteiger partial charge in [-0.05, 0) is 58.7 Å². The number of carbonyl (C=O) groups is 1. The maximum Gasteiger partial charge on any atom is 0.416 e. The molecule has 0 fully saturated rings. The van der Waals surface area contributed by atoms with Gasteiger partial charge < -0.3 is 14.5 Å². The SMILES string of the molecule is COC(=O)c1ccc(CN(C)CCC(C)N(C)C)c(C(F)(F)F)c1. The van der Waals surface area contributed by atoms with Gasteiger partial charge in [0.2, 0.25) is 0 Å². The molecule has 1 unspecified atom stereocenters. The number of rotatable bonds is 7. The molecule has 0 N–H and O–H groups in total. The Labute approximate surface area is 141 Å². The minimum Gasteiger partial charge on any atom is -0.465 e. The van der Waals surface area contributed by atoms with E-state index in [1.807, 2.05) is 19.0 Å². The average Bonchev–Trinajstić information content (AvgIpc) is 2.50. The number of hydrogen-bond donors (Lipinski definition) is 0. The highest BCUT2D eigenvalue weighted by Gasteiger charge is 2.34. The van der Waals surface area contributed by atoms with Crippen LogP contribution in [0.3, 0.4) is 0 Å². The number of esters is 1. The molecule has 0 aromatic heterocycles. The molecule has 0 aliphatic rings. The first-order chi connectivity index (χ1) is 11.1. The molecule has 0 saturated heterocycles. The van der Waals surface area contributed by atoms with Crippen molar-refractivity contribution in [2.45, 2.75) is 32.1 Å². The first-order valence-corrected chi connectivity index (χ1v) is 7.69. The molecule has 1 atom stereocenters. The molecular weight excluding hydrogens is 321 g/mol. The molecule has 0 spiro atoms. The Morgan fingerprint density at radius 2 is 1.88 bits per heavy atom. The number of alkyl halides is 3. The normalized spacial score (nSPS) is 13.4. The highest BCUT2D eigenvalue weighted by Crippen LogP contribution is 2.33. The Hall–Kier alpha value is -1.60. The molecule has 24 heavy (non-hydrogen) atoms. The fourth-order valence-corrected chi connectivity index (χ4v) is 2.26. The molecule has 1 aromatic rings. The Balaban J connectivity index is 2.92. The van der Waals surface area contributed by atoms with E-state index >= 15 is 0 Å². The zero-order valence-corrected chi connectivity index (χ0v) is 14.8. The van der Waals surface area contributed by atoms with E-state index in [-0.39, 0.29) is 17.7 Å². The fourth-order valence-electron chi connectivity index (χ4n) is 2.26. The van der Waals surface area contributed by atoms with Crippen molar-refractivity contribution in [1.29, 1.82) is 0 Å². The lowest BCUT2D eigenvalue weighted by molar-refractivity contribution is -0.138. The molecule has 0 aliphatic carbocycles. The molecule has 0 saturated carbocycles. The van der Waals surface area contributed by atoms with Gasteiger partial charge in [0.05, 0.1) is 18.2 Å². The quantitative estimate of drug-likeness (QED) is 0.710. The van der Waals surface area contributed by atoms with Gasteiger partial charge >= 0.3 is 12.1 Å². The Bertz CT molecular complexity index is 559. The van der Waals surface area contributed by atoms with Gasteiger partial charge in [-0.25, -0.2) is 4.79 Å². The summed E-state index contributed by atoms with van der Waals surface area (Å²) in [6, 6.07) is 3.92. The number of carbonyl (C=O) groups excluding carboxylic acids is 1. The largest absolute Gasteiger partial charge is 0.465 e. The van der Waals surface area contributed by atoms with Crippen molar-refractivity contribution in [3.05, 3.63) is 34.9 Å². The topological polar surface area (TPSA) is 32.8 Å². The maximum absolute atomic E-state index is 13.3. The van der Waals surface area contributed by atoms with Gasteiger partial charge in [0.15, 0.2) is 0 Å². The van der Waals surface area contributed by atoms with Crippen molar-refractivity contribution in [1.82, 2.24) is 9.80 Å². The zero-order chi connectivity index (χ0) is 18.5. The first kappa shape index (κ1) is 20.4. The van der Waals surface area contributed by atoms with Gasteiger partial charge in [-0.3, -0.25) is 0 Å². The summed E-state index contributed by atoms with van der Waals surface area (Å²) in [5.74, 6) is -0.778. The Kier molecular flexibility index (Phi) is 7.23. The molecule has 1 rings (SSSR count). The van der Waals surface area contributed by atoms with Crippen molar-refractivity contribution >= 4 is 5.97 Å². The number of methoxy groups -OCH3 is 1. The number of nitrogens with zero attached hydrogens (tertiary/aromatic N) is 2. The third-order valence-corrected chi connectivity index (χ3v) is 4.09. The van der Waals surface area contributed by atoms with Crippen LogP contribution in [0.25, 0.3) is 0 Å². The van der Waals surface area contributed by atoms with Crippen molar-refractivity contribution in [2.75, 3.05) is 34.8 Å². The molecule has 4 nitrogen and oxygen atoms in total. The van der Waals surface area contributed by atoms with Crippen LogP contribution in [-0.4, -0.2) is 56.6 Å². The van der Waals surface area contributed by atoms with Crippen LogP contribution in [-0.2, 0) is 17.5 Å². The van der Waals surface area contributed by atoms with Crippen LogP contribution in [0.5, 0.6) is 0 Å². The number of ether oxygens (including phenoxy) is 1. The second-order valence-corrected chi connectivity index (χ2v) is 6.20. The lowest BCUT2D eigenvalue weighted by Gasteiger charge is -2.24. The molecule has 0 heterocycles. The van der Waals surface area contributed by atoms with Crippen LogP contribution in [0.15, 0.2) is 18.2 Å². The summed E-state index contributed by atoms with van der Waals surface area (Å²) >= 11 is 0. The van der Waals surface area contributed by atoms with Gasteiger partial charge in [0.25, 0.3) is 0 Å². The van der Waals surface area contributed by atoms with Crippen molar-refractivity contribution in [3.63, 3.8) is 0 Å². The fraction of sp³-hybridized carbons (Fsp3) is 0.588. The average molecular weight is 346 g/mol. The summed E-state index contributed by atoms with van der Waals surface area (Å²) in [7, 11) is 6.87. The second-order valence-electron chi connectivity index (χ2n) is 6.20. The van der Waals surface area contributed by atoms with Crippen LogP contribution < -0.4 is 0 Å². The number of hydrogen-bond acceptors (Lipinski definition) is 4. The highest BCUT2D eigenvalue weighted by molar-refractivity contribution is 5.89. The van der Waals surface area contributed by atoms with Crippen LogP contribution in [0.1, 0.15) is 34.8 Å². The molecule has 1 aromatic carbocycles. The minimum absolute atomic E-state index is 0.0996. The predicted octanol–water partition coefficient (Wildman–Crippen LogP) is 3.26. The van der Waals surface area contributed by atoms with E-state index in [2.05, 4.69) is 16.6 Å². The third-order valence-electron chi connectivity index (χ3n) is 4.09. The van der Waals surface area contributed by atoms with Gasteiger partial charge in [-0.2, -0.15) is 13.2 Å². The maximum atomic E-state index is 13.3. The molecule has 0 bridgehead atoms. The lowest BCUT2D eigenvalue weighted by Crippen LogP contribution is -2.30. The van der Waals surface area contributed by atoms with Crippen molar-refractivity contribution in [3.8, 4) is 0 Å². The lowest BCUT2D eigenvalue weighted by atomic mass is 10.0. The van der Waals surface area contributed by atoms with Crippen molar-refractivity contribution in [2.24, 2.45) is 0 Å². The van der Waals surface area contributed by atoms with E-state index < -0.39 is 17.7 Å². The molecule has 0 radical (unpaired) electrons. The molecule has 136 valence electrons. The van der Waals surface area contributed by atoms with Crippen LogP contribution in [0.4, 0.5) is 13.2 Å². The smallest absolute Gasteiger partial charge is 0.416 e. The molecular formula is C17H25F3N2O2. The molecule has 0 amide bonds. The van der Waals surface area contributed by atoms with Gasteiger partial charge in [-0.1, -0.05) is 6.07 Å². The van der Waals surface area contributed by atoms with E-state index in [0.717, 1.165) is 19.6 Å². The van der Waals surface area contributed by atoms with Crippen LogP contribution >= 0.6 is 0 Å². The third kappa shape index (κ3) is 5.79. The molecule has 0 aliphatic heterocycles. The predicted molar refractivity (Wildman–Crippen MR) is 86.9 cm³/mol. The number of benzene rings is 1. The van der Waals surface area contributed by atoms with Gasteiger partial charge in [-0.15, -0.1) is 0 Å². The van der Waals surface area contributed by atoms with E-state index in [0.29, 0.717) is 12.6 Å². The van der Waals surface area contributed by atoms with E-state index in [1.54, 1.807) is 7.05 Å². The summed E-state index contributed by atoms with van der Waals surface area (Å²) in [5, 5.41) is 0. The monoisotopic (exact) mass is 346 g/mol. The van der Waals surface area contributed by atoms with Crippen LogP contribution in [0, 0.1) is 0 Å². The summed E-state index contributed by atoms with van der Waals surface area (Å²) in [6.45, 7) is 2.91. The van der Waals surface area contributed by atoms with E-state index in [9.17, 15) is 18.0 Å². The molecule has 7 heteroatoms. The summed E-state index contributed by atoms with van der Waals surface area (Å²) < 4.78 is 44.4. The van der Waals surface area contributed by atoms with E-state index in [4.69, 9.17) is 0 Å². The van der Waals surface area contributed by atoms with Gasteiger partial charge in [0.1, 0.15) is 0 Å². The second kappa shape index (κ2) is 8.48. The minimum atomic E-state index is -4.52. The number of halogens is 3. The standard InChI is InChI=1S/C17H25F3N2O2/c1-12(21(2)3)8-9-22(4)11-14-7-6-13(16(23)24-5)10-15(14)17(18,19)20/h6-7,10,12H,8-9,11H2,1-5H3. The van der Waals surface area contributed by atoms with Gasteiger partial charge in [0, 0.05) is 12.6 Å². The Morgan fingerprint density at radius 3 is 2.38 bits per heavy atom. The highest BCUT2D eigenvalue weighted by atomic mass is 19.4. The van der Waals surface area contributed by atoms with Crippen LogP contribution in [0.2, 0.25) is 0 Å². The van der Waals surface area contributed by atoms with Crippen molar-refractivity contribution < 1.29 is 22.7 Å². The first-order valence-electron chi connectivity index (χ1n) is 7.69. The summed E-state index contributed by atoms with van der Waals surface area (Å²) in [6.07, 6.45) is -3.66. The Morgan fingerprint density at radius 1 is 1.25 bits per heavy atom.